The van der Waals surface area contributed by atoms with Crippen molar-refractivity contribution in [3.63, 3.8) is 0 Å². The van der Waals surface area contributed by atoms with Crippen molar-refractivity contribution < 1.29 is 26.9 Å². The lowest BCUT2D eigenvalue weighted by Gasteiger charge is -2.22. The molecule has 1 aliphatic heterocycles. The van der Waals surface area contributed by atoms with Crippen molar-refractivity contribution in [2.24, 2.45) is 0 Å². The van der Waals surface area contributed by atoms with Gasteiger partial charge in [-0.3, -0.25) is 5.32 Å². The Kier molecular flexibility index (Phi) is 6.06. The number of H-pyrrole nitrogens is 1. The third-order valence-electron chi connectivity index (χ3n) is 5.80. The average molecular weight is 511 g/mol. The van der Waals surface area contributed by atoms with Gasteiger partial charge in [-0.15, -0.1) is 0 Å². The highest BCUT2D eigenvalue weighted by molar-refractivity contribution is 7.87. The van der Waals surface area contributed by atoms with Gasteiger partial charge in [0.05, 0.1) is 24.5 Å². The number of likely N-dealkylation sites (tertiary alicyclic amines) is 1. The number of aromatic amines is 1. The molecule has 0 radical (unpaired) electrons. The van der Waals surface area contributed by atoms with E-state index in [9.17, 15) is 18.0 Å². The second kappa shape index (κ2) is 9.34. The van der Waals surface area contributed by atoms with Crippen molar-refractivity contribution in [2.45, 2.75) is 23.8 Å². The van der Waals surface area contributed by atoms with E-state index >= 15 is 0 Å². The molecule has 3 heterocycles. The lowest BCUT2D eigenvalue weighted by atomic mass is 10.2. The van der Waals surface area contributed by atoms with E-state index in [-0.39, 0.29) is 16.6 Å². The maximum absolute atomic E-state index is 12.8. The van der Waals surface area contributed by atoms with E-state index in [1.807, 2.05) is 0 Å². The molecule has 1 aliphatic rings. The first-order valence-electron chi connectivity index (χ1n) is 11.0. The fourth-order valence-corrected chi connectivity index (χ4v) is 4.96. The van der Waals surface area contributed by atoms with Gasteiger partial charge in [0, 0.05) is 30.7 Å². The molecule has 0 aliphatic carbocycles. The number of anilines is 1. The zero-order valence-electron chi connectivity index (χ0n) is 19.1. The lowest BCUT2D eigenvalue weighted by Crippen LogP contribution is -2.43. The van der Waals surface area contributed by atoms with Gasteiger partial charge in [-0.25, -0.2) is 19.6 Å². The third-order valence-corrected chi connectivity index (χ3v) is 7.06. The van der Waals surface area contributed by atoms with Gasteiger partial charge in [0.15, 0.2) is 0 Å². The number of ether oxygens (including phenoxy) is 1. The molecular weight excluding hydrogens is 488 g/mol. The van der Waals surface area contributed by atoms with Gasteiger partial charge in [0.1, 0.15) is 16.7 Å². The molecule has 0 saturated carbocycles. The van der Waals surface area contributed by atoms with E-state index in [4.69, 9.17) is 8.92 Å². The average Bonchev–Trinajstić information content (AvgIpc) is 3.64. The highest BCUT2D eigenvalue weighted by Gasteiger charge is 2.35. The first-order chi connectivity index (χ1) is 17.3. The summed E-state index contributed by atoms with van der Waals surface area (Å²) in [7, 11) is -2.80. The van der Waals surface area contributed by atoms with Crippen LogP contribution in [0.15, 0.2) is 66.1 Å². The molecule has 4 aromatic rings. The van der Waals surface area contributed by atoms with Crippen LogP contribution in [0.4, 0.5) is 10.7 Å². The fourth-order valence-electron chi connectivity index (χ4n) is 4.04. The number of urea groups is 1. The number of benzene rings is 2. The van der Waals surface area contributed by atoms with Crippen LogP contribution in [-0.4, -0.2) is 64.5 Å². The van der Waals surface area contributed by atoms with Crippen molar-refractivity contribution >= 4 is 39.1 Å². The number of methoxy groups -OCH3 is 1. The Hall–Kier alpha value is -4.39. The second-order valence-electron chi connectivity index (χ2n) is 8.07. The molecule has 12 nitrogen and oxygen atoms in total. The van der Waals surface area contributed by atoms with Crippen LogP contribution in [0.5, 0.6) is 5.75 Å². The SMILES string of the molecule is COC(=O)C1CCCN1C(=O)Nc1nc2ccc(OS(=O)(=O)c3ccc(-n4ccnc4)cc3)cc2[nH]1. The number of carbonyl (C=O) groups is 2. The molecule has 0 bridgehead atoms. The molecule has 1 unspecified atom stereocenters. The van der Waals surface area contributed by atoms with Crippen LogP contribution in [0.2, 0.25) is 0 Å². The smallest absolute Gasteiger partial charge is 0.339 e. The number of nitrogens with zero attached hydrogens (tertiary/aromatic N) is 4. The van der Waals surface area contributed by atoms with E-state index < -0.39 is 28.2 Å². The van der Waals surface area contributed by atoms with E-state index in [1.165, 1.54) is 36.3 Å². The first-order valence-corrected chi connectivity index (χ1v) is 12.4. The standard InChI is InChI=1S/C23H22N6O6S/c1-34-21(30)20-3-2-11-29(20)23(31)27-22-25-18-9-6-16(13-19(18)26-22)35-36(32,33)17-7-4-15(5-8-17)28-12-10-24-14-28/h4-10,12-14,20H,2-3,11H2,1H3,(H2,25,26,27,31). The summed E-state index contributed by atoms with van der Waals surface area (Å²) in [5.41, 5.74) is 1.71. The van der Waals surface area contributed by atoms with Crippen molar-refractivity contribution in [3.8, 4) is 11.4 Å². The molecule has 1 fully saturated rings. The maximum atomic E-state index is 12.8. The maximum Gasteiger partial charge on any atom is 0.339 e. The number of amides is 2. The second-order valence-corrected chi connectivity index (χ2v) is 9.62. The minimum absolute atomic E-state index is 0.00482. The normalized spacial score (nSPS) is 15.7. The first kappa shape index (κ1) is 23.4. The number of fused-ring (bicyclic) bond motifs is 1. The molecule has 186 valence electrons. The van der Waals surface area contributed by atoms with Gasteiger partial charge in [0.2, 0.25) is 5.95 Å². The topological polar surface area (TPSA) is 149 Å². The number of aromatic nitrogens is 4. The molecule has 2 aromatic carbocycles. The highest BCUT2D eigenvalue weighted by Crippen LogP contribution is 2.25. The molecular formula is C23H22N6O6S. The van der Waals surface area contributed by atoms with Crippen molar-refractivity contribution in [1.82, 2.24) is 24.4 Å². The number of esters is 1. The minimum Gasteiger partial charge on any atom is -0.467 e. The van der Waals surface area contributed by atoms with Gasteiger partial charge in [0.25, 0.3) is 0 Å². The predicted molar refractivity (Wildman–Crippen MR) is 128 cm³/mol. The molecule has 2 amide bonds. The summed E-state index contributed by atoms with van der Waals surface area (Å²) in [6.07, 6.45) is 6.20. The van der Waals surface area contributed by atoms with Gasteiger partial charge in [-0.1, -0.05) is 0 Å². The van der Waals surface area contributed by atoms with Crippen LogP contribution in [-0.2, 0) is 19.6 Å². The van der Waals surface area contributed by atoms with Gasteiger partial charge >= 0.3 is 22.1 Å². The molecule has 1 saturated heterocycles. The van der Waals surface area contributed by atoms with Crippen LogP contribution in [0.25, 0.3) is 16.7 Å². The molecule has 1 atom stereocenters. The van der Waals surface area contributed by atoms with Crippen LogP contribution in [0, 0.1) is 0 Å². The Morgan fingerprint density at radius 1 is 1.17 bits per heavy atom. The molecule has 0 spiro atoms. The third kappa shape index (κ3) is 4.60. The van der Waals surface area contributed by atoms with E-state index in [2.05, 4.69) is 20.3 Å². The molecule has 2 N–H and O–H groups in total. The Balaban J connectivity index is 1.30. The fraction of sp³-hybridized carbons (Fsp3) is 0.217. The number of imidazole rings is 2. The monoisotopic (exact) mass is 510 g/mol. The zero-order chi connectivity index (χ0) is 25.3. The van der Waals surface area contributed by atoms with E-state index in [0.717, 1.165) is 5.69 Å². The summed E-state index contributed by atoms with van der Waals surface area (Å²) in [6, 6.07) is 9.59. The molecule has 13 heteroatoms. The Bertz CT molecular complexity index is 1510. The highest BCUT2D eigenvalue weighted by atomic mass is 32.2. The Labute approximate surface area is 206 Å². The molecule has 36 heavy (non-hydrogen) atoms. The number of rotatable bonds is 6. The largest absolute Gasteiger partial charge is 0.467 e. The summed E-state index contributed by atoms with van der Waals surface area (Å²) in [6.45, 7) is 0.422. The Morgan fingerprint density at radius 2 is 1.97 bits per heavy atom. The van der Waals surface area contributed by atoms with Crippen LogP contribution in [0.3, 0.4) is 0 Å². The van der Waals surface area contributed by atoms with Crippen LogP contribution < -0.4 is 9.50 Å². The zero-order valence-corrected chi connectivity index (χ0v) is 19.9. The van der Waals surface area contributed by atoms with E-state index in [1.54, 1.807) is 41.5 Å². The van der Waals surface area contributed by atoms with Crippen molar-refractivity contribution in [3.05, 3.63) is 61.2 Å². The van der Waals surface area contributed by atoms with Gasteiger partial charge < -0.3 is 23.4 Å². The summed E-state index contributed by atoms with van der Waals surface area (Å²) < 4.78 is 37.4. The van der Waals surface area contributed by atoms with Gasteiger partial charge in [-0.05, 0) is 49.2 Å². The lowest BCUT2D eigenvalue weighted by molar-refractivity contribution is -0.144. The summed E-state index contributed by atoms with van der Waals surface area (Å²) in [5, 5.41) is 2.64. The summed E-state index contributed by atoms with van der Waals surface area (Å²) >= 11 is 0. The van der Waals surface area contributed by atoms with Crippen molar-refractivity contribution in [2.75, 3.05) is 19.0 Å². The number of hydrogen-bond donors (Lipinski definition) is 2. The number of nitrogens with one attached hydrogen (secondary N) is 2. The predicted octanol–water partition coefficient (Wildman–Crippen LogP) is 2.69. The summed E-state index contributed by atoms with van der Waals surface area (Å²) in [4.78, 5) is 37.2. The van der Waals surface area contributed by atoms with Gasteiger partial charge in [-0.2, -0.15) is 8.42 Å². The van der Waals surface area contributed by atoms with Crippen molar-refractivity contribution in [1.29, 1.82) is 0 Å². The summed E-state index contributed by atoms with van der Waals surface area (Å²) in [5.74, 6) is -0.236. The Morgan fingerprint density at radius 3 is 2.69 bits per heavy atom. The quantitative estimate of drug-likeness (QED) is 0.297. The molecule has 5 rings (SSSR count). The minimum atomic E-state index is -4.09. The number of carbonyl (C=O) groups excluding carboxylic acids is 2. The van der Waals surface area contributed by atoms with E-state index in [0.29, 0.717) is 30.4 Å². The van der Waals surface area contributed by atoms with Crippen LogP contribution in [0.1, 0.15) is 12.8 Å². The molecule has 2 aromatic heterocycles. The number of hydrogen-bond acceptors (Lipinski definition) is 8. The van der Waals surface area contributed by atoms with Crippen LogP contribution >= 0.6 is 0 Å².